The van der Waals surface area contributed by atoms with E-state index in [4.69, 9.17) is 0 Å². The lowest BCUT2D eigenvalue weighted by molar-refractivity contribution is -0.146. The van der Waals surface area contributed by atoms with Gasteiger partial charge in [-0.25, -0.2) is 8.78 Å². The van der Waals surface area contributed by atoms with Crippen LogP contribution in [0.1, 0.15) is 18.7 Å². The van der Waals surface area contributed by atoms with Gasteiger partial charge in [-0.15, -0.1) is 15.3 Å². The molecule has 0 aliphatic carbocycles. The van der Waals surface area contributed by atoms with Crippen molar-refractivity contribution in [3.8, 4) is 0 Å². The summed E-state index contributed by atoms with van der Waals surface area (Å²) in [5.74, 6) is -3.35. The summed E-state index contributed by atoms with van der Waals surface area (Å²) >= 11 is 0. The summed E-state index contributed by atoms with van der Waals surface area (Å²) in [7, 11) is 0. The Morgan fingerprint density at radius 3 is 2.47 bits per heavy atom. The first-order valence-electron chi connectivity index (χ1n) is 9.03. The van der Waals surface area contributed by atoms with Crippen LogP contribution in [-0.4, -0.2) is 38.8 Å². The Kier molecular flexibility index (Phi) is 5.00. The SMILES string of the molecule is O=C(Nc1ccc(F)cc1F)C1CCN(c2ccc3nnc(C(F)(F)F)n3n2)CC1. The second kappa shape index (κ2) is 7.50. The van der Waals surface area contributed by atoms with Gasteiger partial charge < -0.3 is 10.2 Å². The summed E-state index contributed by atoms with van der Waals surface area (Å²) < 4.78 is 66.4. The molecule has 0 radical (unpaired) electrons. The monoisotopic (exact) mass is 426 g/mol. The molecule has 30 heavy (non-hydrogen) atoms. The Balaban J connectivity index is 1.43. The fraction of sp³-hybridized carbons (Fsp3) is 0.333. The lowest BCUT2D eigenvalue weighted by Crippen LogP contribution is -2.39. The molecule has 3 aromatic rings. The van der Waals surface area contributed by atoms with Crippen molar-refractivity contribution in [2.24, 2.45) is 5.92 Å². The predicted octanol–water partition coefficient (Wildman–Crippen LogP) is 3.28. The number of hydrogen-bond acceptors (Lipinski definition) is 5. The van der Waals surface area contributed by atoms with Gasteiger partial charge in [0, 0.05) is 25.1 Å². The van der Waals surface area contributed by atoms with Gasteiger partial charge in [0.25, 0.3) is 5.82 Å². The Bertz CT molecular complexity index is 1090. The third-order valence-corrected chi connectivity index (χ3v) is 4.88. The van der Waals surface area contributed by atoms with E-state index in [0.717, 1.165) is 12.1 Å². The molecule has 1 aliphatic heterocycles. The van der Waals surface area contributed by atoms with Crippen molar-refractivity contribution in [3.05, 3.63) is 47.8 Å². The highest BCUT2D eigenvalue weighted by atomic mass is 19.4. The Labute approximate surface area is 166 Å². The molecule has 0 bridgehead atoms. The molecule has 4 rings (SSSR count). The van der Waals surface area contributed by atoms with Gasteiger partial charge in [-0.05, 0) is 37.1 Å². The fourth-order valence-electron chi connectivity index (χ4n) is 3.32. The molecule has 0 atom stereocenters. The Hall–Kier alpha value is -3.31. The zero-order chi connectivity index (χ0) is 21.5. The number of fused-ring (bicyclic) bond motifs is 1. The zero-order valence-corrected chi connectivity index (χ0v) is 15.3. The smallest absolute Gasteiger partial charge is 0.355 e. The summed E-state index contributed by atoms with van der Waals surface area (Å²) in [5.41, 5.74) is -0.134. The van der Waals surface area contributed by atoms with Crippen molar-refractivity contribution >= 4 is 23.1 Å². The molecule has 3 heterocycles. The van der Waals surface area contributed by atoms with Gasteiger partial charge in [-0.1, -0.05) is 0 Å². The highest BCUT2D eigenvalue weighted by Crippen LogP contribution is 2.29. The second-order valence-corrected chi connectivity index (χ2v) is 6.86. The molecule has 158 valence electrons. The van der Waals surface area contributed by atoms with E-state index >= 15 is 0 Å². The van der Waals surface area contributed by atoms with Gasteiger partial charge in [-0.2, -0.15) is 17.7 Å². The quantitative estimate of drug-likeness (QED) is 0.651. The van der Waals surface area contributed by atoms with Gasteiger partial charge in [-0.3, -0.25) is 4.79 Å². The number of aromatic nitrogens is 4. The molecule has 12 heteroatoms. The number of rotatable bonds is 3. The van der Waals surface area contributed by atoms with E-state index in [9.17, 15) is 26.7 Å². The maximum absolute atomic E-state index is 13.7. The lowest BCUT2D eigenvalue weighted by atomic mass is 9.96. The van der Waals surface area contributed by atoms with Crippen LogP contribution in [0.2, 0.25) is 0 Å². The molecular weight excluding hydrogens is 411 g/mol. The number of nitrogens with one attached hydrogen (secondary N) is 1. The Morgan fingerprint density at radius 1 is 1.07 bits per heavy atom. The first-order valence-corrected chi connectivity index (χ1v) is 9.03. The molecule has 1 saturated heterocycles. The second-order valence-electron chi connectivity index (χ2n) is 6.86. The molecule has 1 aliphatic rings. The van der Waals surface area contributed by atoms with Crippen LogP contribution in [0.5, 0.6) is 0 Å². The molecule has 2 aromatic heterocycles. The zero-order valence-electron chi connectivity index (χ0n) is 15.3. The molecule has 1 fully saturated rings. The normalized spacial score (nSPS) is 15.6. The van der Waals surface area contributed by atoms with E-state index in [1.54, 1.807) is 11.0 Å². The van der Waals surface area contributed by atoms with Crippen LogP contribution >= 0.6 is 0 Å². The topological polar surface area (TPSA) is 75.4 Å². The predicted molar refractivity (Wildman–Crippen MR) is 95.7 cm³/mol. The van der Waals surface area contributed by atoms with Crippen LogP contribution in [-0.2, 0) is 11.0 Å². The van der Waals surface area contributed by atoms with Crippen molar-refractivity contribution in [3.63, 3.8) is 0 Å². The average Bonchev–Trinajstić information content (AvgIpc) is 3.14. The van der Waals surface area contributed by atoms with Crippen molar-refractivity contribution < 1.29 is 26.7 Å². The maximum Gasteiger partial charge on any atom is 0.453 e. The third-order valence-electron chi connectivity index (χ3n) is 4.88. The van der Waals surface area contributed by atoms with Crippen LogP contribution < -0.4 is 10.2 Å². The number of benzene rings is 1. The van der Waals surface area contributed by atoms with Gasteiger partial charge in [0.1, 0.15) is 17.5 Å². The minimum absolute atomic E-state index is 0.0262. The van der Waals surface area contributed by atoms with Crippen LogP contribution in [0.15, 0.2) is 30.3 Å². The van der Waals surface area contributed by atoms with E-state index in [1.807, 2.05) is 0 Å². The number of carbonyl (C=O) groups excluding carboxylic acids is 1. The standard InChI is InChI=1S/C18H15F5N6O/c19-11-1-2-13(12(20)9-11)24-16(30)10-5-7-28(8-6-10)15-4-3-14-25-26-17(18(21,22)23)29(14)27-15/h1-4,9-10H,5-8H2,(H,24,30). The minimum atomic E-state index is -4.69. The van der Waals surface area contributed by atoms with Crippen molar-refractivity contribution in [1.29, 1.82) is 0 Å². The number of halogens is 5. The highest BCUT2D eigenvalue weighted by molar-refractivity contribution is 5.92. The number of hydrogen-bond donors (Lipinski definition) is 1. The molecule has 1 N–H and O–H groups in total. The molecular formula is C18H15F5N6O. The fourth-order valence-corrected chi connectivity index (χ4v) is 3.32. The minimum Gasteiger partial charge on any atom is -0.355 e. The number of alkyl halides is 3. The van der Waals surface area contributed by atoms with E-state index in [2.05, 4.69) is 20.6 Å². The van der Waals surface area contributed by atoms with E-state index < -0.39 is 35.5 Å². The largest absolute Gasteiger partial charge is 0.453 e. The van der Waals surface area contributed by atoms with Crippen molar-refractivity contribution in [2.75, 3.05) is 23.3 Å². The van der Waals surface area contributed by atoms with Gasteiger partial charge in [0.2, 0.25) is 5.91 Å². The van der Waals surface area contributed by atoms with E-state index in [1.165, 1.54) is 6.07 Å². The van der Waals surface area contributed by atoms with Crippen LogP contribution in [0.4, 0.5) is 33.5 Å². The molecule has 0 saturated carbocycles. The highest BCUT2D eigenvalue weighted by Gasteiger charge is 2.38. The Morgan fingerprint density at radius 2 is 1.80 bits per heavy atom. The van der Waals surface area contributed by atoms with E-state index in [-0.39, 0.29) is 11.3 Å². The van der Waals surface area contributed by atoms with Gasteiger partial charge >= 0.3 is 6.18 Å². The van der Waals surface area contributed by atoms with Crippen molar-refractivity contribution in [1.82, 2.24) is 19.8 Å². The van der Waals surface area contributed by atoms with E-state index in [0.29, 0.717) is 42.3 Å². The number of anilines is 2. The number of nitrogens with zero attached hydrogens (tertiary/aromatic N) is 5. The molecule has 1 aromatic carbocycles. The first-order chi connectivity index (χ1) is 14.2. The summed E-state index contributed by atoms with van der Waals surface area (Å²) in [4.78, 5) is 14.1. The van der Waals surface area contributed by atoms with Crippen molar-refractivity contribution in [2.45, 2.75) is 19.0 Å². The van der Waals surface area contributed by atoms with Crippen LogP contribution in [0, 0.1) is 17.6 Å². The number of piperidine rings is 1. The molecule has 7 nitrogen and oxygen atoms in total. The third kappa shape index (κ3) is 3.89. The summed E-state index contributed by atoms with van der Waals surface area (Å²) in [5, 5.41) is 13.0. The number of amides is 1. The van der Waals surface area contributed by atoms with Crippen LogP contribution in [0.25, 0.3) is 5.65 Å². The average molecular weight is 426 g/mol. The first kappa shape index (κ1) is 20.0. The summed E-state index contributed by atoms with van der Waals surface area (Å²) in [6.45, 7) is 0.734. The van der Waals surface area contributed by atoms with Crippen LogP contribution in [0.3, 0.4) is 0 Å². The number of carbonyl (C=O) groups is 1. The summed E-state index contributed by atoms with van der Waals surface area (Å²) in [6.07, 6.45) is -3.91. The molecule has 0 unspecified atom stereocenters. The summed E-state index contributed by atoms with van der Waals surface area (Å²) in [6, 6.07) is 5.80. The maximum atomic E-state index is 13.7. The lowest BCUT2D eigenvalue weighted by Gasteiger charge is -2.32. The molecule has 0 spiro atoms. The van der Waals surface area contributed by atoms with Gasteiger partial charge in [0.05, 0.1) is 5.69 Å². The molecule has 1 amide bonds. The van der Waals surface area contributed by atoms with Gasteiger partial charge in [0.15, 0.2) is 5.65 Å².